The molecule has 1 heterocycles. The van der Waals surface area contributed by atoms with Crippen LogP contribution in [0.15, 0.2) is 6.33 Å². The highest BCUT2D eigenvalue weighted by molar-refractivity contribution is 7.89. The fourth-order valence-electron chi connectivity index (χ4n) is 1.27. The summed E-state index contributed by atoms with van der Waals surface area (Å²) in [5, 5.41) is 6.31. The van der Waals surface area contributed by atoms with Crippen molar-refractivity contribution in [3.05, 3.63) is 12.2 Å². The second-order valence-electron chi connectivity index (χ2n) is 5.01. The molecule has 0 amide bonds. The minimum atomic E-state index is -3.25. The Morgan fingerprint density at radius 1 is 1.44 bits per heavy atom. The molecule has 1 aromatic rings. The Kier molecular flexibility index (Phi) is 3.69. The van der Waals surface area contributed by atoms with E-state index in [0.717, 1.165) is 0 Å². The fraction of sp³-hybridized carbons (Fsp3) is 0.778. The number of rotatable bonds is 4. The van der Waals surface area contributed by atoms with E-state index in [1.54, 1.807) is 7.05 Å². The molecular weight excluding hydrogens is 228 g/mol. The summed E-state index contributed by atoms with van der Waals surface area (Å²) in [6, 6.07) is 0. The van der Waals surface area contributed by atoms with Crippen molar-refractivity contribution in [3.8, 4) is 0 Å². The third kappa shape index (κ3) is 3.90. The summed E-state index contributed by atoms with van der Waals surface area (Å²) < 4.78 is 25.2. The van der Waals surface area contributed by atoms with Crippen LogP contribution in [0.4, 0.5) is 0 Å². The molecule has 0 bridgehead atoms. The third-order valence-electron chi connectivity index (χ3n) is 1.93. The lowest BCUT2D eigenvalue weighted by atomic mass is 10.0. The van der Waals surface area contributed by atoms with Crippen molar-refractivity contribution >= 4 is 10.0 Å². The van der Waals surface area contributed by atoms with E-state index in [2.05, 4.69) is 15.2 Å². The van der Waals surface area contributed by atoms with Gasteiger partial charge in [0, 0.05) is 7.05 Å². The standard InChI is InChI=1S/C9H18N4O2S/c1-9(2,3)6-16(14,15)13(4)5-8-10-7-11-12-8/h7H,5-6H2,1-4H3,(H,10,11,12). The van der Waals surface area contributed by atoms with Crippen LogP contribution in [0.5, 0.6) is 0 Å². The summed E-state index contributed by atoms with van der Waals surface area (Å²) in [6.07, 6.45) is 1.36. The van der Waals surface area contributed by atoms with Crippen LogP contribution in [0.1, 0.15) is 26.6 Å². The van der Waals surface area contributed by atoms with Crippen LogP contribution < -0.4 is 0 Å². The predicted octanol–water partition coefficient (Wildman–Crippen LogP) is 0.612. The molecule has 1 N–H and O–H groups in total. The Morgan fingerprint density at radius 3 is 2.50 bits per heavy atom. The maximum Gasteiger partial charge on any atom is 0.214 e. The van der Waals surface area contributed by atoms with Gasteiger partial charge in [-0.05, 0) is 5.41 Å². The van der Waals surface area contributed by atoms with Gasteiger partial charge in [0.15, 0.2) is 0 Å². The van der Waals surface area contributed by atoms with Crippen molar-refractivity contribution in [3.63, 3.8) is 0 Å². The highest BCUT2D eigenvalue weighted by Crippen LogP contribution is 2.18. The molecular formula is C9H18N4O2S. The fourth-order valence-corrected chi connectivity index (χ4v) is 2.91. The number of hydrogen-bond acceptors (Lipinski definition) is 4. The van der Waals surface area contributed by atoms with Crippen LogP contribution in [0, 0.1) is 5.41 Å². The number of sulfonamides is 1. The van der Waals surface area contributed by atoms with Crippen molar-refractivity contribution in [2.45, 2.75) is 27.3 Å². The van der Waals surface area contributed by atoms with Crippen LogP contribution in [0.25, 0.3) is 0 Å². The number of nitrogens with one attached hydrogen (secondary N) is 1. The predicted molar refractivity (Wildman–Crippen MR) is 61.1 cm³/mol. The first-order valence-electron chi connectivity index (χ1n) is 4.99. The lowest BCUT2D eigenvalue weighted by molar-refractivity contribution is 0.415. The zero-order valence-electron chi connectivity index (χ0n) is 10.1. The number of aromatic amines is 1. The van der Waals surface area contributed by atoms with Gasteiger partial charge >= 0.3 is 0 Å². The van der Waals surface area contributed by atoms with E-state index in [-0.39, 0.29) is 17.7 Å². The van der Waals surface area contributed by atoms with Gasteiger partial charge < -0.3 is 0 Å². The number of hydrogen-bond donors (Lipinski definition) is 1. The molecule has 0 fully saturated rings. The lowest BCUT2D eigenvalue weighted by Crippen LogP contribution is -2.34. The second kappa shape index (κ2) is 4.50. The minimum Gasteiger partial charge on any atom is -0.262 e. The first-order valence-corrected chi connectivity index (χ1v) is 6.60. The molecule has 16 heavy (non-hydrogen) atoms. The van der Waals surface area contributed by atoms with Crippen molar-refractivity contribution in [1.82, 2.24) is 19.5 Å². The highest BCUT2D eigenvalue weighted by Gasteiger charge is 2.26. The maximum absolute atomic E-state index is 11.9. The van der Waals surface area contributed by atoms with Gasteiger partial charge in [0.1, 0.15) is 12.2 Å². The first-order chi connectivity index (χ1) is 7.21. The molecule has 6 nitrogen and oxygen atoms in total. The summed E-state index contributed by atoms with van der Waals surface area (Å²) in [7, 11) is -1.70. The van der Waals surface area contributed by atoms with Gasteiger partial charge in [-0.2, -0.15) is 9.40 Å². The normalized spacial score (nSPS) is 13.3. The summed E-state index contributed by atoms with van der Waals surface area (Å²) >= 11 is 0. The molecule has 0 aliphatic rings. The van der Waals surface area contributed by atoms with E-state index in [1.165, 1.54) is 10.6 Å². The largest absolute Gasteiger partial charge is 0.262 e. The Labute approximate surface area is 96.1 Å². The van der Waals surface area contributed by atoms with Gasteiger partial charge in [0.2, 0.25) is 10.0 Å². The SMILES string of the molecule is CN(Cc1ncn[nH]1)S(=O)(=O)CC(C)(C)C. The average molecular weight is 246 g/mol. The Hall–Kier alpha value is -0.950. The van der Waals surface area contributed by atoms with Gasteiger partial charge in [-0.1, -0.05) is 20.8 Å². The molecule has 0 spiro atoms. The van der Waals surface area contributed by atoms with Gasteiger partial charge in [-0.25, -0.2) is 13.4 Å². The van der Waals surface area contributed by atoms with Crippen LogP contribution >= 0.6 is 0 Å². The van der Waals surface area contributed by atoms with Crippen LogP contribution in [0.3, 0.4) is 0 Å². The quantitative estimate of drug-likeness (QED) is 0.844. The van der Waals surface area contributed by atoms with Crippen LogP contribution in [0.2, 0.25) is 0 Å². The minimum absolute atomic E-state index is 0.116. The maximum atomic E-state index is 11.9. The summed E-state index contributed by atoms with van der Waals surface area (Å²) in [6.45, 7) is 5.91. The number of aromatic nitrogens is 3. The molecule has 0 atom stereocenters. The molecule has 0 aromatic carbocycles. The monoisotopic (exact) mass is 246 g/mol. The third-order valence-corrected chi connectivity index (χ3v) is 4.24. The van der Waals surface area contributed by atoms with Gasteiger partial charge in [-0.15, -0.1) is 0 Å². The molecule has 0 radical (unpaired) electrons. The zero-order chi connectivity index (χ0) is 12.4. The molecule has 1 aromatic heterocycles. The summed E-state index contributed by atoms with van der Waals surface area (Å²) in [4.78, 5) is 3.89. The van der Waals surface area contributed by atoms with E-state index >= 15 is 0 Å². The van der Waals surface area contributed by atoms with Crippen molar-refractivity contribution in [1.29, 1.82) is 0 Å². The van der Waals surface area contributed by atoms with Gasteiger partial charge in [0.25, 0.3) is 0 Å². The topological polar surface area (TPSA) is 79.0 Å². The number of nitrogens with zero attached hydrogens (tertiary/aromatic N) is 3. The molecule has 0 saturated carbocycles. The Bertz CT molecular complexity index is 419. The van der Waals surface area contributed by atoms with Crippen LogP contribution in [-0.4, -0.2) is 40.7 Å². The second-order valence-corrected chi connectivity index (χ2v) is 7.08. The van der Waals surface area contributed by atoms with E-state index in [4.69, 9.17) is 0 Å². The van der Waals surface area contributed by atoms with Gasteiger partial charge in [0.05, 0.1) is 12.3 Å². The molecule has 0 unspecified atom stereocenters. The molecule has 0 aliphatic heterocycles. The zero-order valence-corrected chi connectivity index (χ0v) is 10.9. The first kappa shape index (κ1) is 13.1. The summed E-state index contributed by atoms with van der Waals surface area (Å²) in [5.41, 5.74) is -0.255. The number of H-pyrrole nitrogens is 1. The van der Waals surface area contributed by atoms with E-state index in [0.29, 0.717) is 5.82 Å². The van der Waals surface area contributed by atoms with E-state index < -0.39 is 10.0 Å². The van der Waals surface area contributed by atoms with E-state index in [9.17, 15) is 8.42 Å². The average Bonchev–Trinajstić information content (AvgIpc) is 2.51. The smallest absolute Gasteiger partial charge is 0.214 e. The lowest BCUT2D eigenvalue weighted by Gasteiger charge is -2.23. The van der Waals surface area contributed by atoms with Gasteiger partial charge in [-0.3, -0.25) is 5.10 Å². The molecule has 92 valence electrons. The Morgan fingerprint density at radius 2 is 2.06 bits per heavy atom. The van der Waals surface area contributed by atoms with E-state index in [1.807, 2.05) is 20.8 Å². The van der Waals surface area contributed by atoms with Crippen molar-refractivity contribution < 1.29 is 8.42 Å². The van der Waals surface area contributed by atoms with Crippen LogP contribution in [-0.2, 0) is 16.6 Å². The molecule has 0 aliphatic carbocycles. The Balaban J connectivity index is 2.70. The summed E-state index contributed by atoms with van der Waals surface area (Å²) in [5.74, 6) is 0.657. The highest BCUT2D eigenvalue weighted by atomic mass is 32.2. The van der Waals surface area contributed by atoms with Crippen molar-refractivity contribution in [2.24, 2.45) is 5.41 Å². The molecule has 0 saturated heterocycles. The molecule has 1 rings (SSSR count). The molecule has 7 heteroatoms. The van der Waals surface area contributed by atoms with Crippen molar-refractivity contribution in [2.75, 3.05) is 12.8 Å².